The van der Waals surface area contributed by atoms with Gasteiger partial charge in [-0.05, 0) is 31.0 Å². The quantitative estimate of drug-likeness (QED) is 0.529. The molecule has 0 unspecified atom stereocenters. The number of ether oxygens (including phenoxy) is 1. The number of amides is 1. The summed E-state index contributed by atoms with van der Waals surface area (Å²) in [5.41, 5.74) is 2.13. The van der Waals surface area contributed by atoms with Crippen LogP contribution >= 0.6 is 11.3 Å². The Morgan fingerprint density at radius 1 is 1.10 bits per heavy atom. The van der Waals surface area contributed by atoms with E-state index in [-0.39, 0.29) is 24.2 Å². The Labute approximate surface area is 175 Å². The minimum Gasteiger partial charge on any atom is -0.453 e. The first kappa shape index (κ1) is 21.0. The van der Waals surface area contributed by atoms with Crippen LogP contribution in [0.3, 0.4) is 0 Å². The molecule has 1 N–H and O–H groups in total. The number of benzene rings is 2. The molecule has 0 aliphatic carbocycles. The van der Waals surface area contributed by atoms with Gasteiger partial charge in [-0.3, -0.25) is 9.59 Å². The molecule has 1 aromatic heterocycles. The molecule has 29 heavy (non-hydrogen) atoms. The van der Waals surface area contributed by atoms with Gasteiger partial charge < -0.3 is 10.1 Å². The standard InChI is InChI=1S/C23H26N2O3S/c1-3-17(18-9-5-4-6-10-18)15-24-23(27)16(2)28-22(26)14-13-21-25-19-11-7-8-12-20(19)29-21/h4-12,16-17H,3,13-15H2,1-2H3,(H,24,27)/t16-,17+/m1/s1. The molecule has 3 rings (SSSR count). The highest BCUT2D eigenvalue weighted by atomic mass is 32.1. The van der Waals surface area contributed by atoms with Gasteiger partial charge in [-0.25, -0.2) is 4.98 Å². The number of carbonyl (C=O) groups is 2. The van der Waals surface area contributed by atoms with Crippen molar-refractivity contribution in [2.24, 2.45) is 0 Å². The van der Waals surface area contributed by atoms with E-state index in [9.17, 15) is 9.59 Å². The predicted octanol–water partition coefficient (Wildman–Crippen LogP) is 4.47. The fourth-order valence-corrected chi connectivity index (χ4v) is 4.10. The molecule has 2 atom stereocenters. The monoisotopic (exact) mass is 410 g/mol. The fraction of sp³-hybridized carbons (Fsp3) is 0.348. The number of rotatable bonds is 9. The molecule has 2 aromatic carbocycles. The van der Waals surface area contributed by atoms with E-state index in [1.807, 2.05) is 42.5 Å². The summed E-state index contributed by atoms with van der Waals surface area (Å²) in [6.45, 7) is 4.22. The average Bonchev–Trinajstić information content (AvgIpc) is 3.16. The molecule has 0 aliphatic rings. The Bertz CT molecular complexity index is 922. The molecule has 0 bridgehead atoms. The molecule has 0 saturated carbocycles. The van der Waals surface area contributed by atoms with Crippen molar-refractivity contribution < 1.29 is 14.3 Å². The molecule has 0 spiro atoms. The molecule has 3 aromatic rings. The van der Waals surface area contributed by atoms with Crippen molar-refractivity contribution in [3.05, 3.63) is 65.2 Å². The number of nitrogens with one attached hydrogen (secondary N) is 1. The van der Waals surface area contributed by atoms with Gasteiger partial charge in [0.1, 0.15) is 0 Å². The van der Waals surface area contributed by atoms with Gasteiger partial charge in [-0.1, -0.05) is 49.4 Å². The van der Waals surface area contributed by atoms with Crippen molar-refractivity contribution in [2.45, 2.75) is 45.1 Å². The van der Waals surface area contributed by atoms with E-state index in [0.29, 0.717) is 13.0 Å². The summed E-state index contributed by atoms with van der Waals surface area (Å²) in [5, 5.41) is 3.80. The van der Waals surface area contributed by atoms with Crippen molar-refractivity contribution in [1.82, 2.24) is 10.3 Å². The van der Waals surface area contributed by atoms with Crippen LogP contribution in [0.5, 0.6) is 0 Å². The van der Waals surface area contributed by atoms with Gasteiger partial charge in [0.2, 0.25) is 0 Å². The van der Waals surface area contributed by atoms with Gasteiger partial charge in [-0.2, -0.15) is 0 Å². The smallest absolute Gasteiger partial charge is 0.306 e. The van der Waals surface area contributed by atoms with E-state index in [4.69, 9.17) is 4.74 Å². The number of aryl methyl sites for hydroxylation is 1. The molecule has 152 valence electrons. The summed E-state index contributed by atoms with van der Waals surface area (Å²) in [6, 6.07) is 18.0. The zero-order valence-electron chi connectivity index (χ0n) is 16.8. The van der Waals surface area contributed by atoms with Gasteiger partial charge in [0.05, 0.1) is 21.6 Å². The molecular formula is C23H26N2O3S. The highest BCUT2D eigenvalue weighted by Crippen LogP contribution is 2.22. The van der Waals surface area contributed by atoms with Crippen molar-refractivity contribution in [1.29, 1.82) is 0 Å². The number of carbonyl (C=O) groups excluding carboxylic acids is 2. The maximum Gasteiger partial charge on any atom is 0.306 e. The minimum atomic E-state index is -0.814. The molecule has 0 radical (unpaired) electrons. The third-order valence-electron chi connectivity index (χ3n) is 4.85. The van der Waals surface area contributed by atoms with Gasteiger partial charge in [0.15, 0.2) is 6.10 Å². The molecule has 0 aliphatic heterocycles. The van der Waals surface area contributed by atoms with Crippen LogP contribution in [0, 0.1) is 0 Å². The molecule has 0 saturated heterocycles. The summed E-state index contributed by atoms with van der Waals surface area (Å²) < 4.78 is 6.41. The lowest BCUT2D eigenvalue weighted by atomic mass is 9.96. The second kappa shape index (κ2) is 10.2. The van der Waals surface area contributed by atoms with Gasteiger partial charge >= 0.3 is 5.97 Å². The number of thiazole rings is 1. The van der Waals surface area contributed by atoms with Gasteiger partial charge in [0.25, 0.3) is 5.91 Å². The Morgan fingerprint density at radius 3 is 2.55 bits per heavy atom. The summed E-state index contributed by atoms with van der Waals surface area (Å²) in [4.78, 5) is 29.0. The lowest BCUT2D eigenvalue weighted by Gasteiger charge is -2.18. The second-order valence-corrected chi connectivity index (χ2v) is 8.08. The topological polar surface area (TPSA) is 68.3 Å². The zero-order chi connectivity index (χ0) is 20.6. The van der Waals surface area contributed by atoms with Crippen LogP contribution in [0.2, 0.25) is 0 Å². The highest BCUT2D eigenvalue weighted by molar-refractivity contribution is 7.18. The lowest BCUT2D eigenvalue weighted by molar-refractivity contribution is -0.154. The van der Waals surface area contributed by atoms with Gasteiger partial charge in [0, 0.05) is 18.9 Å². The van der Waals surface area contributed by atoms with Crippen LogP contribution in [-0.2, 0) is 20.7 Å². The first-order valence-corrected chi connectivity index (χ1v) is 10.7. The van der Waals surface area contributed by atoms with E-state index >= 15 is 0 Å². The molecule has 0 fully saturated rings. The Morgan fingerprint density at radius 2 is 1.83 bits per heavy atom. The first-order valence-electron chi connectivity index (χ1n) is 9.93. The Balaban J connectivity index is 1.44. The van der Waals surface area contributed by atoms with Crippen LogP contribution in [-0.4, -0.2) is 29.5 Å². The van der Waals surface area contributed by atoms with Crippen molar-refractivity contribution in [2.75, 3.05) is 6.54 Å². The Hall–Kier alpha value is -2.73. The normalized spacial score (nSPS) is 13.0. The van der Waals surface area contributed by atoms with Crippen LogP contribution in [0.1, 0.15) is 43.2 Å². The highest BCUT2D eigenvalue weighted by Gasteiger charge is 2.19. The molecule has 1 heterocycles. The van der Waals surface area contributed by atoms with Crippen LogP contribution in [0.15, 0.2) is 54.6 Å². The predicted molar refractivity (Wildman–Crippen MR) is 116 cm³/mol. The number of fused-ring (bicyclic) bond motifs is 1. The SMILES string of the molecule is CC[C@@H](CNC(=O)[C@@H](C)OC(=O)CCc1nc2ccccc2s1)c1ccccc1. The first-order chi connectivity index (χ1) is 14.1. The Kier molecular flexibility index (Phi) is 7.36. The van der Waals surface area contributed by atoms with Crippen molar-refractivity contribution in [3.8, 4) is 0 Å². The maximum atomic E-state index is 12.3. The van der Waals surface area contributed by atoms with E-state index in [2.05, 4.69) is 29.4 Å². The average molecular weight is 411 g/mol. The van der Waals surface area contributed by atoms with Crippen molar-refractivity contribution >= 4 is 33.4 Å². The van der Waals surface area contributed by atoms with Crippen LogP contribution in [0.25, 0.3) is 10.2 Å². The molecular weight excluding hydrogens is 384 g/mol. The summed E-state index contributed by atoms with van der Waals surface area (Å²) in [6.07, 6.45) is 0.823. The molecule has 5 nitrogen and oxygen atoms in total. The largest absolute Gasteiger partial charge is 0.453 e. The summed E-state index contributed by atoms with van der Waals surface area (Å²) in [5.74, 6) is -0.420. The number of nitrogens with zero attached hydrogens (tertiary/aromatic N) is 1. The maximum absolute atomic E-state index is 12.3. The minimum absolute atomic E-state index is 0.207. The number of para-hydroxylation sites is 1. The third kappa shape index (κ3) is 5.87. The number of esters is 1. The van der Waals surface area contributed by atoms with Crippen LogP contribution in [0.4, 0.5) is 0 Å². The van der Waals surface area contributed by atoms with Gasteiger partial charge in [-0.15, -0.1) is 11.3 Å². The summed E-state index contributed by atoms with van der Waals surface area (Å²) in [7, 11) is 0. The third-order valence-corrected chi connectivity index (χ3v) is 5.94. The zero-order valence-corrected chi connectivity index (χ0v) is 17.6. The second-order valence-electron chi connectivity index (χ2n) is 6.97. The summed E-state index contributed by atoms with van der Waals surface area (Å²) >= 11 is 1.58. The lowest BCUT2D eigenvalue weighted by Crippen LogP contribution is -2.38. The van der Waals surface area contributed by atoms with E-state index in [0.717, 1.165) is 21.6 Å². The number of aromatic nitrogens is 1. The number of hydrogen-bond acceptors (Lipinski definition) is 5. The molecule has 6 heteroatoms. The molecule has 1 amide bonds. The van der Waals surface area contributed by atoms with E-state index in [1.54, 1.807) is 18.3 Å². The van der Waals surface area contributed by atoms with Crippen LogP contribution < -0.4 is 5.32 Å². The van der Waals surface area contributed by atoms with Crippen molar-refractivity contribution in [3.63, 3.8) is 0 Å². The van der Waals surface area contributed by atoms with E-state index in [1.165, 1.54) is 5.56 Å². The number of hydrogen-bond donors (Lipinski definition) is 1. The van der Waals surface area contributed by atoms with E-state index < -0.39 is 6.10 Å². The fourth-order valence-electron chi connectivity index (χ4n) is 3.14.